The van der Waals surface area contributed by atoms with E-state index in [2.05, 4.69) is 16.2 Å². The van der Waals surface area contributed by atoms with E-state index >= 15 is 0 Å². The molecule has 102 valence electrons. The average Bonchev–Trinajstić information content (AvgIpc) is 3.24. The van der Waals surface area contributed by atoms with Gasteiger partial charge in [0.25, 0.3) is 5.89 Å². The Balaban J connectivity index is 1.60. The second-order valence-electron chi connectivity index (χ2n) is 4.65. The molecule has 0 bridgehead atoms. The van der Waals surface area contributed by atoms with Gasteiger partial charge in [0.1, 0.15) is 16.7 Å². The summed E-state index contributed by atoms with van der Waals surface area (Å²) in [6.07, 6.45) is 0.526. The Bertz CT molecular complexity index is 821. The third-order valence-corrected chi connectivity index (χ3v) is 4.28. The van der Waals surface area contributed by atoms with Gasteiger partial charge < -0.3 is 9.26 Å². The van der Waals surface area contributed by atoms with Crippen molar-refractivity contribution in [2.75, 3.05) is 0 Å². The van der Waals surface area contributed by atoms with Gasteiger partial charge in [-0.3, -0.25) is 0 Å². The van der Waals surface area contributed by atoms with Crippen LogP contribution in [0.4, 0.5) is 0 Å². The molecule has 3 heterocycles. The maximum Gasteiger partial charge on any atom is 0.268 e. The summed E-state index contributed by atoms with van der Waals surface area (Å²) in [5, 5.41) is 12.9. The highest BCUT2D eigenvalue weighted by molar-refractivity contribution is 7.15. The molecule has 1 aromatic carbocycles. The van der Waals surface area contributed by atoms with Crippen LogP contribution in [-0.2, 0) is 6.42 Å². The minimum atomic E-state index is -0.213. The summed E-state index contributed by atoms with van der Waals surface area (Å²) in [5.41, 5.74) is 1.15. The molecule has 3 aromatic rings. The smallest absolute Gasteiger partial charge is 0.268 e. The first-order chi connectivity index (χ1) is 10.3. The summed E-state index contributed by atoms with van der Waals surface area (Å²) in [5.74, 6) is 1.83. The summed E-state index contributed by atoms with van der Waals surface area (Å²) >= 11 is 1.33. The van der Waals surface area contributed by atoms with Gasteiger partial charge >= 0.3 is 0 Å². The zero-order chi connectivity index (χ0) is 14.2. The largest absolute Gasteiger partial charge is 0.482 e. The van der Waals surface area contributed by atoms with E-state index in [0.29, 0.717) is 16.6 Å². The Labute approximate surface area is 124 Å². The third kappa shape index (κ3) is 2.08. The molecular weight excluding hydrogens is 286 g/mol. The first-order valence-corrected chi connectivity index (χ1v) is 7.23. The molecule has 1 atom stereocenters. The molecule has 0 N–H and O–H groups in total. The Morgan fingerprint density at radius 2 is 2.14 bits per heavy atom. The number of fused-ring (bicyclic) bond motifs is 1. The topological polar surface area (TPSA) is 71.9 Å². The number of hydrogen-bond donors (Lipinski definition) is 0. The highest BCUT2D eigenvalue weighted by Crippen LogP contribution is 2.36. The molecule has 4 rings (SSSR count). The molecule has 6 heteroatoms. The van der Waals surface area contributed by atoms with Crippen molar-refractivity contribution in [3.63, 3.8) is 0 Å². The van der Waals surface area contributed by atoms with E-state index in [9.17, 15) is 0 Å². The van der Waals surface area contributed by atoms with Crippen LogP contribution in [0.5, 0.6) is 5.75 Å². The number of rotatable bonds is 2. The zero-order valence-electron chi connectivity index (χ0n) is 10.8. The van der Waals surface area contributed by atoms with E-state index in [1.807, 2.05) is 30.3 Å². The van der Waals surface area contributed by atoms with Gasteiger partial charge in [-0.1, -0.05) is 23.4 Å². The number of hydrogen-bond acceptors (Lipinski definition) is 6. The highest BCUT2D eigenvalue weighted by atomic mass is 32.1. The third-order valence-electron chi connectivity index (χ3n) is 3.30. The van der Waals surface area contributed by atoms with Crippen LogP contribution in [0.15, 0.2) is 40.9 Å². The van der Waals surface area contributed by atoms with Crippen molar-refractivity contribution in [3.05, 3.63) is 52.7 Å². The molecule has 0 fully saturated rings. The molecule has 0 saturated heterocycles. The van der Waals surface area contributed by atoms with Crippen LogP contribution in [0.25, 0.3) is 10.8 Å². The monoisotopic (exact) mass is 295 g/mol. The van der Waals surface area contributed by atoms with Crippen molar-refractivity contribution >= 4 is 11.3 Å². The van der Waals surface area contributed by atoms with Crippen molar-refractivity contribution in [1.82, 2.24) is 10.1 Å². The lowest BCUT2D eigenvalue weighted by Crippen LogP contribution is -2.05. The van der Waals surface area contributed by atoms with Crippen LogP contribution in [0.1, 0.15) is 22.4 Å². The summed E-state index contributed by atoms with van der Waals surface area (Å²) in [6, 6.07) is 13.6. The van der Waals surface area contributed by atoms with E-state index in [1.165, 1.54) is 11.3 Å². The summed E-state index contributed by atoms with van der Waals surface area (Å²) in [6.45, 7) is 0. The summed E-state index contributed by atoms with van der Waals surface area (Å²) < 4.78 is 11.1. The van der Waals surface area contributed by atoms with Crippen molar-refractivity contribution in [1.29, 1.82) is 5.26 Å². The average molecular weight is 295 g/mol. The number of thiophene rings is 1. The van der Waals surface area contributed by atoms with Crippen molar-refractivity contribution in [2.24, 2.45) is 0 Å². The van der Waals surface area contributed by atoms with Gasteiger partial charge in [-0.2, -0.15) is 10.2 Å². The van der Waals surface area contributed by atoms with Crippen molar-refractivity contribution in [3.8, 4) is 22.6 Å². The lowest BCUT2D eigenvalue weighted by Gasteiger charge is -2.04. The van der Waals surface area contributed by atoms with E-state index in [4.69, 9.17) is 14.5 Å². The Hall–Kier alpha value is -2.65. The molecule has 5 nitrogen and oxygen atoms in total. The molecule has 0 saturated carbocycles. The molecule has 0 amide bonds. The highest BCUT2D eigenvalue weighted by Gasteiger charge is 2.28. The fraction of sp³-hybridized carbons (Fsp3) is 0.133. The Kier molecular flexibility index (Phi) is 2.72. The standard InChI is InChI=1S/C15H9N3O2S/c16-8-10-5-6-13(21-10)15-17-14(18-20-15)12-7-9-3-1-2-4-11(9)19-12/h1-6,12H,7H2. The number of para-hydroxylation sites is 1. The minimum Gasteiger partial charge on any atom is -0.482 e. The van der Waals surface area contributed by atoms with Gasteiger partial charge in [-0.15, -0.1) is 11.3 Å². The quantitative estimate of drug-likeness (QED) is 0.725. The minimum absolute atomic E-state index is 0.213. The van der Waals surface area contributed by atoms with Gasteiger partial charge in [0.15, 0.2) is 6.10 Å². The van der Waals surface area contributed by atoms with Gasteiger partial charge in [-0.25, -0.2) is 0 Å². The summed E-state index contributed by atoms with van der Waals surface area (Å²) in [7, 11) is 0. The van der Waals surface area contributed by atoms with Crippen molar-refractivity contribution in [2.45, 2.75) is 12.5 Å². The van der Waals surface area contributed by atoms with Gasteiger partial charge in [-0.05, 0) is 23.8 Å². The van der Waals surface area contributed by atoms with Gasteiger partial charge in [0.2, 0.25) is 5.82 Å². The predicted octanol–water partition coefficient (Wildman–Crippen LogP) is 3.35. The van der Waals surface area contributed by atoms with Crippen LogP contribution in [0.3, 0.4) is 0 Å². The lowest BCUT2D eigenvalue weighted by atomic mass is 10.1. The van der Waals surface area contributed by atoms with E-state index < -0.39 is 0 Å². The zero-order valence-corrected chi connectivity index (χ0v) is 11.6. The molecule has 2 aromatic heterocycles. The number of nitriles is 1. The van der Waals surface area contributed by atoms with Crippen LogP contribution in [0, 0.1) is 11.3 Å². The molecule has 1 aliphatic rings. The maximum atomic E-state index is 8.85. The van der Waals surface area contributed by atoms with E-state index in [1.54, 1.807) is 6.07 Å². The lowest BCUT2D eigenvalue weighted by molar-refractivity contribution is 0.221. The molecule has 0 spiro atoms. The molecular formula is C15H9N3O2S. The Morgan fingerprint density at radius 1 is 1.24 bits per heavy atom. The second kappa shape index (κ2) is 4.72. The van der Waals surface area contributed by atoms with Crippen LogP contribution in [0.2, 0.25) is 0 Å². The van der Waals surface area contributed by atoms with Crippen LogP contribution < -0.4 is 4.74 Å². The number of ether oxygens (including phenoxy) is 1. The SMILES string of the molecule is N#Cc1ccc(-c2nc(C3Cc4ccccc4O3)no2)s1. The first-order valence-electron chi connectivity index (χ1n) is 6.42. The predicted molar refractivity (Wildman–Crippen MR) is 75.8 cm³/mol. The van der Waals surface area contributed by atoms with Crippen molar-refractivity contribution < 1.29 is 9.26 Å². The van der Waals surface area contributed by atoms with E-state index in [-0.39, 0.29) is 6.10 Å². The first kappa shape index (κ1) is 12.1. The number of benzene rings is 1. The molecule has 1 unspecified atom stereocenters. The molecule has 21 heavy (non-hydrogen) atoms. The Morgan fingerprint density at radius 3 is 2.95 bits per heavy atom. The second-order valence-corrected chi connectivity index (χ2v) is 5.74. The molecule has 0 radical (unpaired) electrons. The van der Waals surface area contributed by atoms with Crippen LogP contribution >= 0.6 is 11.3 Å². The fourth-order valence-corrected chi connectivity index (χ4v) is 3.03. The number of nitrogens with zero attached hydrogens (tertiary/aromatic N) is 3. The fourth-order valence-electron chi connectivity index (χ4n) is 2.30. The summed E-state index contributed by atoms with van der Waals surface area (Å²) in [4.78, 5) is 5.80. The molecule has 0 aliphatic carbocycles. The van der Waals surface area contributed by atoms with Gasteiger partial charge in [0.05, 0.1) is 4.88 Å². The number of aromatic nitrogens is 2. The normalized spacial score (nSPS) is 16.2. The van der Waals surface area contributed by atoms with Gasteiger partial charge in [0, 0.05) is 6.42 Å². The maximum absolute atomic E-state index is 8.85. The molecule has 1 aliphatic heterocycles. The van der Waals surface area contributed by atoms with E-state index in [0.717, 1.165) is 22.6 Å². The van der Waals surface area contributed by atoms with Crippen LogP contribution in [-0.4, -0.2) is 10.1 Å².